The van der Waals surface area contributed by atoms with Crippen molar-refractivity contribution in [3.05, 3.63) is 90.0 Å². The zero-order valence-corrected chi connectivity index (χ0v) is 21.3. The predicted octanol–water partition coefficient (Wildman–Crippen LogP) is 4.83. The number of amides is 1. The van der Waals surface area contributed by atoms with E-state index in [2.05, 4.69) is 4.40 Å². The maximum atomic E-state index is 13.5. The first kappa shape index (κ1) is 25.5. The van der Waals surface area contributed by atoms with Crippen molar-refractivity contribution in [3.63, 3.8) is 0 Å². The number of esters is 1. The van der Waals surface area contributed by atoms with Crippen LogP contribution in [-0.2, 0) is 19.6 Å². The van der Waals surface area contributed by atoms with Crippen LogP contribution in [0.25, 0.3) is 0 Å². The van der Waals surface area contributed by atoms with E-state index in [0.717, 1.165) is 17.3 Å². The molecule has 1 aliphatic rings. The Hall–Kier alpha value is -3.63. The normalized spacial score (nSPS) is 16.8. The van der Waals surface area contributed by atoms with Crippen LogP contribution in [0.1, 0.15) is 35.0 Å². The number of sulfonamides is 1. The number of nitrogens with zero attached hydrogens (tertiary/aromatic N) is 2. The summed E-state index contributed by atoms with van der Waals surface area (Å²) in [5, 5.41) is -0.656. The Morgan fingerprint density at radius 3 is 2.22 bits per heavy atom. The molecular weight excluding hydrogens is 500 g/mol. The molecule has 1 atom stereocenters. The van der Waals surface area contributed by atoms with Gasteiger partial charge in [0.25, 0.3) is 15.9 Å². The quantitative estimate of drug-likeness (QED) is 0.389. The Kier molecular flexibility index (Phi) is 7.76. The Bertz CT molecular complexity index is 1370. The molecule has 1 aliphatic heterocycles. The number of carbonyl (C=O) groups is 2. The first-order chi connectivity index (χ1) is 17.3. The second-order valence-corrected chi connectivity index (χ2v) is 10.3. The number of rotatable bonds is 8. The van der Waals surface area contributed by atoms with Crippen LogP contribution in [0.3, 0.4) is 0 Å². The molecule has 1 heterocycles. The van der Waals surface area contributed by atoms with E-state index in [4.69, 9.17) is 9.47 Å². The molecule has 0 aromatic heterocycles. The summed E-state index contributed by atoms with van der Waals surface area (Å²) in [6.45, 7) is 4.24. The standard InChI is InChI=1S/C26H24N2O6S2/c1-3-33-21-14-16-22(17-15-21)36(31,32)27-26-28(20-12-10-19(11-13-20)25(30)34-4-2)24(29)23(35-26)18-8-6-5-7-9-18/h5-17,23H,3-4H2,1-2H3/t23-/m1/s1. The average Bonchev–Trinajstić information content (AvgIpc) is 3.20. The van der Waals surface area contributed by atoms with Crippen LogP contribution < -0.4 is 9.64 Å². The van der Waals surface area contributed by atoms with Gasteiger partial charge in [-0.15, -0.1) is 4.40 Å². The van der Waals surface area contributed by atoms with Crippen molar-refractivity contribution in [3.8, 4) is 5.75 Å². The molecule has 0 N–H and O–H groups in total. The van der Waals surface area contributed by atoms with Crippen LogP contribution in [0.2, 0.25) is 0 Å². The molecule has 3 aromatic carbocycles. The summed E-state index contributed by atoms with van der Waals surface area (Å²) in [6, 6.07) is 21.2. The highest BCUT2D eigenvalue weighted by Crippen LogP contribution is 2.42. The van der Waals surface area contributed by atoms with Crippen LogP contribution in [0.4, 0.5) is 5.69 Å². The molecular formula is C26H24N2O6S2. The fourth-order valence-corrected chi connectivity index (χ4v) is 5.90. The lowest BCUT2D eigenvalue weighted by atomic mass is 10.1. The van der Waals surface area contributed by atoms with Crippen molar-refractivity contribution in [2.45, 2.75) is 24.0 Å². The van der Waals surface area contributed by atoms with Crippen LogP contribution in [0.5, 0.6) is 5.75 Å². The third-order valence-corrected chi connectivity index (χ3v) is 7.82. The minimum absolute atomic E-state index is 0.0200. The summed E-state index contributed by atoms with van der Waals surface area (Å²) in [6.07, 6.45) is 0. The molecule has 0 saturated carbocycles. The van der Waals surface area contributed by atoms with Crippen LogP contribution in [0.15, 0.2) is 88.2 Å². The fourth-order valence-electron chi connectivity index (χ4n) is 3.55. The summed E-state index contributed by atoms with van der Waals surface area (Å²) >= 11 is 1.06. The fraction of sp³-hybridized carbons (Fsp3) is 0.192. The Balaban J connectivity index is 1.73. The smallest absolute Gasteiger partial charge is 0.338 e. The molecule has 0 radical (unpaired) electrons. The van der Waals surface area contributed by atoms with E-state index in [1.165, 1.54) is 29.2 Å². The largest absolute Gasteiger partial charge is 0.494 e. The van der Waals surface area contributed by atoms with Gasteiger partial charge in [-0.25, -0.2) is 4.79 Å². The van der Waals surface area contributed by atoms with Gasteiger partial charge in [0.05, 0.1) is 29.4 Å². The molecule has 8 nitrogen and oxygen atoms in total. The second kappa shape index (κ2) is 11.0. The monoisotopic (exact) mass is 524 g/mol. The first-order valence-corrected chi connectivity index (χ1v) is 13.6. The third-order valence-electron chi connectivity index (χ3n) is 5.23. The van der Waals surface area contributed by atoms with Gasteiger partial charge in [0.1, 0.15) is 11.0 Å². The van der Waals surface area contributed by atoms with Gasteiger partial charge in [-0.05, 0) is 67.9 Å². The van der Waals surface area contributed by atoms with Gasteiger partial charge in [-0.3, -0.25) is 9.69 Å². The molecule has 3 aromatic rings. The van der Waals surface area contributed by atoms with Gasteiger partial charge in [-0.2, -0.15) is 8.42 Å². The molecule has 1 amide bonds. The number of benzene rings is 3. The zero-order chi connectivity index (χ0) is 25.7. The summed E-state index contributed by atoms with van der Waals surface area (Å²) in [5.74, 6) is -0.280. The van der Waals surface area contributed by atoms with Gasteiger partial charge < -0.3 is 9.47 Å². The molecule has 1 fully saturated rings. The van der Waals surface area contributed by atoms with E-state index in [9.17, 15) is 18.0 Å². The molecule has 0 aliphatic carbocycles. The number of amidine groups is 1. The summed E-state index contributed by atoms with van der Waals surface area (Å²) in [4.78, 5) is 26.8. The lowest BCUT2D eigenvalue weighted by molar-refractivity contribution is -0.117. The SMILES string of the molecule is CCOC(=O)c1ccc(N2C(=O)[C@@H](c3ccccc3)SC2=NS(=O)(=O)c2ccc(OCC)cc2)cc1. The number of hydrogen-bond acceptors (Lipinski definition) is 7. The zero-order valence-electron chi connectivity index (χ0n) is 19.7. The second-order valence-electron chi connectivity index (χ2n) is 7.60. The van der Waals surface area contributed by atoms with E-state index >= 15 is 0 Å². The van der Waals surface area contributed by atoms with Crippen molar-refractivity contribution in [1.82, 2.24) is 0 Å². The summed E-state index contributed by atoms with van der Waals surface area (Å²) < 4.78 is 40.8. The van der Waals surface area contributed by atoms with Crippen molar-refractivity contribution in [2.24, 2.45) is 4.40 Å². The maximum Gasteiger partial charge on any atom is 0.338 e. The molecule has 0 bridgehead atoms. The first-order valence-electron chi connectivity index (χ1n) is 11.2. The molecule has 1 saturated heterocycles. The number of hydrogen-bond donors (Lipinski definition) is 0. The van der Waals surface area contributed by atoms with Crippen LogP contribution >= 0.6 is 11.8 Å². The highest BCUT2D eigenvalue weighted by Gasteiger charge is 2.41. The van der Waals surface area contributed by atoms with E-state index in [1.807, 2.05) is 37.3 Å². The number of carbonyl (C=O) groups excluding carboxylic acids is 2. The van der Waals surface area contributed by atoms with E-state index in [1.54, 1.807) is 31.2 Å². The van der Waals surface area contributed by atoms with Crippen LogP contribution in [-0.4, -0.2) is 38.7 Å². The maximum absolute atomic E-state index is 13.5. The van der Waals surface area contributed by atoms with E-state index < -0.39 is 21.2 Å². The lowest BCUT2D eigenvalue weighted by Crippen LogP contribution is -2.30. The minimum atomic E-state index is -4.13. The highest BCUT2D eigenvalue weighted by atomic mass is 32.2. The topological polar surface area (TPSA) is 102 Å². The highest BCUT2D eigenvalue weighted by molar-refractivity contribution is 8.16. The minimum Gasteiger partial charge on any atom is -0.494 e. The van der Waals surface area contributed by atoms with Crippen molar-refractivity contribution in [2.75, 3.05) is 18.1 Å². The van der Waals surface area contributed by atoms with Crippen molar-refractivity contribution < 1.29 is 27.5 Å². The van der Waals surface area contributed by atoms with Crippen molar-refractivity contribution in [1.29, 1.82) is 0 Å². The molecule has 36 heavy (non-hydrogen) atoms. The van der Waals surface area contributed by atoms with Gasteiger partial charge in [-0.1, -0.05) is 42.1 Å². The Labute approximate surface area is 214 Å². The molecule has 10 heteroatoms. The van der Waals surface area contributed by atoms with Gasteiger partial charge in [0.15, 0.2) is 5.17 Å². The number of anilines is 1. The third kappa shape index (κ3) is 5.44. The van der Waals surface area contributed by atoms with E-state index in [-0.39, 0.29) is 22.6 Å². The van der Waals surface area contributed by atoms with E-state index in [0.29, 0.717) is 23.6 Å². The van der Waals surface area contributed by atoms with Crippen molar-refractivity contribution >= 4 is 44.5 Å². The average molecular weight is 525 g/mol. The number of ether oxygens (including phenoxy) is 2. The molecule has 0 spiro atoms. The molecule has 0 unspecified atom stereocenters. The van der Waals surface area contributed by atoms with Gasteiger partial charge in [0.2, 0.25) is 0 Å². The lowest BCUT2D eigenvalue weighted by Gasteiger charge is -2.17. The predicted molar refractivity (Wildman–Crippen MR) is 139 cm³/mol. The molecule has 4 rings (SSSR count). The Morgan fingerprint density at radius 2 is 1.61 bits per heavy atom. The summed E-state index contributed by atoms with van der Waals surface area (Å²) in [7, 11) is -4.13. The van der Waals surface area contributed by atoms with Gasteiger partial charge >= 0.3 is 5.97 Å². The molecule has 186 valence electrons. The van der Waals surface area contributed by atoms with Crippen LogP contribution in [0, 0.1) is 0 Å². The summed E-state index contributed by atoms with van der Waals surface area (Å²) in [5.41, 5.74) is 1.43. The van der Waals surface area contributed by atoms with Gasteiger partial charge in [0, 0.05) is 0 Å². The Morgan fingerprint density at radius 1 is 0.944 bits per heavy atom. The number of thioether (sulfide) groups is 1.